The quantitative estimate of drug-likeness (QED) is 0.808. The minimum atomic E-state index is -0.0893. The summed E-state index contributed by atoms with van der Waals surface area (Å²) in [6.45, 7) is 4.77. The number of halogens is 1. The molecule has 0 saturated heterocycles. The van der Waals surface area contributed by atoms with E-state index in [4.69, 9.17) is 11.6 Å². The number of hydrogen-bond donors (Lipinski definition) is 2. The molecule has 0 saturated carbocycles. The number of nitrogens with one attached hydrogen (secondary N) is 2. The largest absolute Gasteiger partial charge is 0.368 e. The molecule has 0 aliphatic carbocycles. The molecule has 1 aromatic heterocycles. The number of aromatic nitrogens is 1. The van der Waals surface area contributed by atoms with Crippen LogP contribution in [0.5, 0.6) is 0 Å². The van der Waals surface area contributed by atoms with E-state index in [1.165, 1.54) is 0 Å². The Labute approximate surface area is 142 Å². The fraction of sp³-hybridized carbons (Fsp3) is 0.333. The van der Waals surface area contributed by atoms with Gasteiger partial charge in [-0.05, 0) is 49.6 Å². The van der Waals surface area contributed by atoms with Crippen molar-refractivity contribution < 1.29 is 4.79 Å². The summed E-state index contributed by atoms with van der Waals surface area (Å²) in [6.07, 6.45) is 3.42. The number of carbonyl (C=O) groups excluding carboxylic acids is 1. The maximum Gasteiger partial charge on any atom is 0.251 e. The van der Waals surface area contributed by atoms with Gasteiger partial charge in [-0.25, -0.2) is 4.98 Å². The van der Waals surface area contributed by atoms with Crippen LogP contribution in [0.2, 0.25) is 5.02 Å². The molecule has 0 fully saturated rings. The zero-order valence-corrected chi connectivity index (χ0v) is 14.2. The van der Waals surface area contributed by atoms with Gasteiger partial charge < -0.3 is 10.6 Å². The maximum absolute atomic E-state index is 12.2. The Morgan fingerprint density at radius 1 is 1.26 bits per heavy atom. The molecule has 2 rings (SSSR count). The highest BCUT2D eigenvalue weighted by atomic mass is 35.5. The molecule has 1 aromatic carbocycles. The van der Waals surface area contributed by atoms with E-state index >= 15 is 0 Å². The van der Waals surface area contributed by atoms with E-state index in [-0.39, 0.29) is 5.91 Å². The van der Waals surface area contributed by atoms with Crippen LogP contribution in [0.25, 0.3) is 0 Å². The average molecular weight is 332 g/mol. The Morgan fingerprint density at radius 2 is 2.00 bits per heavy atom. The van der Waals surface area contributed by atoms with E-state index in [2.05, 4.69) is 29.5 Å². The van der Waals surface area contributed by atoms with Crippen molar-refractivity contribution in [1.29, 1.82) is 0 Å². The standard InChI is InChI=1S/C18H22ClN3O/c1-3-13(2)22-17-12-15(9-11-20-17)18(23)21-10-8-14-4-6-16(19)7-5-14/h4-7,9,11-13H,3,8,10H2,1-2H3,(H,20,22)(H,21,23). The van der Waals surface area contributed by atoms with Crippen LogP contribution < -0.4 is 10.6 Å². The van der Waals surface area contributed by atoms with E-state index in [0.29, 0.717) is 18.2 Å². The highest BCUT2D eigenvalue weighted by molar-refractivity contribution is 6.30. The zero-order chi connectivity index (χ0) is 16.7. The van der Waals surface area contributed by atoms with Crippen LogP contribution in [-0.4, -0.2) is 23.5 Å². The molecule has 0 aliphatic heterocycles. The Morgan fingerprint density at radius 3 is 2.70 bits per heavy atom. The van der Waals surface area contributed by atoms with Crippen LogP contribution in [0.15, 0.2) is 42.6 Å². The van der Waals surface area contributed by atoms with Crippen LogP contribution in [0.3, 0.4) is 0 Å². The van der Waals surface area contributed by atoms with Crippen LogP contribution in [0.1, 0.15) is 36.2 Å². The third-order valence-electron chi connectivity index (χ3n) is 3.64. The number of anilines is 1. The van der Waals surface area contributed by atoms with Crippen molar-refractivity contribution in [3.05, 3.63) is 58.7 Å². The van der Waals surface area contributed by atoms with Gasteiger partial charge in [0.05, 0.1) is 0 Å². The zero-order valence-electron chi connectivity index (χ0n) is 13.5. The first-order valence-electron chi connectivity index (χ1n) is 7.83. The van der Waals surface area contributed by atoms with Crippen LogP contribution in [0, 0.1) is 0 Å². The molecule has 4 nitrogen and oxygen atoms in total. The minimum Gasteiger partial charge on any atom is -0.368 e. The molecule has 0 aliphatic rings. The van der Waals surface area contributed by atoms with Gasteiger partial charge in [-0.1, -0.05) is 30.7 Å². The summed E-state index contributed by atoms with van der Waals surface area (Å²) in [5.41, 5.74) is 1.76. The van der Waals surface area contributed by atoms with Gasteiger partial charge in [0, 0.05) is 29.4 Å². The lowest BCUT2D eigenvalue weighted by Crippen LogP contribution is -2.26. The summed E-state index contributed by atoms with van der Waals surface area (Å²) in [5, 5.41) is 6.92. The Balaban J connectivity index is 1.87. The Kier molecular flexibility index (Phi) is 6.41. The fourth-order valence-corrected chi connectivity index (χ4v) is 2.20. The molecule has 23 heavy (non-hydrogen) atoms. The topological polar surface area (TPSA) is 54.0 Å². The Hall–Kier alpha value is -2.07. The molecule has 0 bridgehead atoms. The summed E-state index contributed by atoms with van der Waals surface area (Å²) in [5.74, 6) is 0.637. The van der Waals surface area contributed by atoms with Crippen molar-refractivity contribution in [1.82, 2.24) is 10.3 Å². The van der Waals surface area contributed by atoms with Gasteiger partial charge in [-0.15, -0.1) is 0 Å². The normalized spacial score (nSPS) is 11.8. The van der Waals surface area contributed by atoms with Crippen molar-refractivity contribution in [3.63, 3.8) is 0 Å². The summed E-state index contributed by atoms with van der Waals surface area (Å²) < 4.78 is 0. The minimum absolute atomic E-state index is 0.0893. The molecule has 1 amide bonds. The average Bonchev–Trinajstić information content (AvgIpc) is 2.56. The number of amides is 1. The summed E-state index contributed by atoms with van der Waals surface area (Å²) in [6, 6.07) is 11.5. The predicted octanol–water partition coefficient (Wildman–Crippen LogP) is 3.92. The molecular formula is C18H22ClN3O. The van der Waals surface area contributed by atoms with Gasteiger partial charge in [0.1, 0.15) is 5.82 Å². The second-order valence-corrected chi connectivity index (χ2v) is 5.95. The van der Waals surface area contributed by atoms with Crippen molar-refractivity contribution >= 4 is 23.3 Å². The van der Waals surface area contributed by atoms with Gasteiger partial charge in [0.2, 0.25) is 0 Å². The molecule has 122 valence electrons. The summed E-state index contributed by atoms with van der Waals surface area (Å²) in [7, 11) is 0. The molecule has 0 radical (unpaired) electrons. The van der Waals surface area contributed by atoms with Crippen molar-refractivity contribution in [2.24, 2.45) is 0 Å². The molecule has 5 heteroatoms. The second kappa shape index (κ2) is 8.53. The van der Waals surface area contributed by atoms with Crippen molar-refractivity contribution in [2.75, 3.05) is 11.9 Å². The van der Waals surface area contributed by atoms with E-state index in [0.717, 1.165) is 29.2 Å². The van der Waals surface area contributed by atoms with Crippen LogP contribution in [0.4, 0.5) is 5.82 Å². The molecule has 1 heterocycles. The number of hydrogen-bond acceptors (Lipinski definition) is 3. The van der Waals surface area contributed by atoms with E-state index < -0.39 is 0 Å². The van der Waals surface area contributed by atoms with Crippen molar-refractivity contribution in [2.45, 2.75) is 32.7 Å². The first kappa shape index (κ1) is 17.3. The first-order valence-corrected chi connectivity index (χ1v) is 8.21. The SMILES string of the molecule is CCC(C)Nc1cc(C(=O)NCCc2ccc(Cl)cc2)ccn1. The molecular weight excluding hydrogens is 310 g/mol. The van der Waals surface area contributed by atoms with E-state index in [1.807, 2.05) is 24.3 Å². The lowest BCUT2D eigenvalue weighted by atomic mass is 10.1. The van der Waals surface area contributed by atoms with Crippen LogP contribution >= 0.6 is 11.6 Å². The van der Waals surface area contributed by atoms with Gasteiger partial charge in [0.25, 0.3) is 5.91 Å². The van der Waals surface area contributed by atoms with Crippen molar-refractivity contribution in [3.8, 4) is 0 Å². The summed E-state index contributed by atoms with van der Waals surface area (Å²) >= 11 is 5.86. The maximum atomic E-state index is 12.2. The second-order valence-electron chi connectivity index (χ2n) is 5.52. The predicted molar refractivity (Wildman–Crippen MR) is 95.1 cm³/mol. The third kappa shape index (κ3) is 5.57. The Bertz CT molecular complexity index is 643. The lowest BCUT2D eigenvalue weighted by molar-refractivity contribution is 0.0954. The third-order valence-corrected chi connectivity index (χ3v) is 3.89. The fourth-order valence-electron chi connectivity index (χ4n) is 2.08. The number of carbonyl (C=O) groups is 1. The number of nitrogens with zero attached hydrogens (tertiary/aromatic N) is 1. The highest BCUT2D eigenvalue weighted by Crippen LogP contribution is 2.11. The number of pyridine rings is 1. The number of benzene rings is 1. The lowest BCUT2D eigenvalue weighted by Gasteiger charge is -2.12. The molecule has 0 spiro atoms. The smallest absolute Gasteiger partial charge is 0.251 e. The molecule has 2 N–H and O–H groups in total. The van der Waals surface area contributed by atoms with Gasteiger partial charge in [-0.3, -0.25) is 4.79 Å². The van der Waals surface area contributed by atoms with Gasteiger partial charge in [0.15, 0.2) is 0 Å². The molecule has 2 aromatic rings. The summed E-state index contributed by atoms with van der Waals surface area (Å²) in [4.78, 5) is 16.5. The number of rotatable bonds is 7. The molecule has 1 atom stereocenters. The van der Waals surface area contributed by atoms with Gasteiger partial charge in [-0.2, -0.15) is 0 Å². The first-order chi connectivity index (χ1) is 11.1. The monoisotopic (exact) mass is 331 g/mol. The van der Waals surface area contributed by atoms with E-state index in [1.54, 1.807) is 18.3 Å². The molecule has 1 unspecified atom stereocenters. The van der Waals surface area contributed by atoms with E-state index in [9.17, 15) is 4.79 Å². The highest BCUT2D eigenvalue weighted by Gasteiger charge is 2.07. The van der Waals surface area contributed by atoms with Crippen LogP contribution in [-0.2, 0) is 6.42 Å². The van der Waals surface area contributed by atoms with Gasteiger partial charge >= 0.3 is 0 Å².